The summed E-state index contributed by atoms with van der Waals surface area (Å²) in [5, 5.41) is 0. The second-order valence-corrected chi connectivity index (χ2v) is 5.41. The SMILES string of the molecule is [CH2]c1ccc(N(CC(C)C)S(=O)(=O)O)cc1. The van der Waals surface area contributed by atoms with Crippen LogP contribution in [0.2, 0.25) is 0 Å². The van der Waals surface area contributed by atoms with Crippen LogP contribution in [0.25, 0.3) is 0 Å². The van der Waals surface area contributed by atoms with E-state index in [1.165, 1.54) is 0 Å². The van der Waals surface area contributed by atoms with Gasteiger partial charge in [-0.3, -0.25) is 4.55 Å². The second-order valence-electron chi connectivity index (χ2n) is 4.07. The number of hydrogen-bond donors (Lipinski definition) is 1. The Morgan fingerprint density at radius 2 is 1.81 bits per heavy atom. The van der Waals surface area contributed by atoms with Gasteiger partial charge >= 0.3 is 10.3 Å². The number of nitrogens with zero attached hydrogens (tertiary/aromatic N) is 1. The summed E-state index contributed by atoms with van der Waals surface area (Å²) in [5.74, 6) is 0.126. The molecule has 0 heterocycles. The van der Waals surface area contributed by atoms with Gasteiger partial charge in [0.15, 0.2) is 0 Å². The Morgan fingerprint density at radius 1 is 1.31 bits per heavy atom. The lowest BCUT2D eigenvalue weighted by Gasteiger charge is -2.22. The van der Waals surface area contributed by atoms with E-state index in [0.29, 0.717) is 5.69 Å². The molecule has 0 aliphatic rings. The first kappa shape index (κ1) is 13.0. The van der Waals surface area contributed by atoms with Crippen LogP contribution in [0.1, 0.15) is 19.4 Å². The van der Waals surface area contributed by atoms with Crippen molar-refractivity contribution in [3.63, 3.8) is 0 Å². The molecule has 0 atom stereocenters. The van der Waals surface area contributed by atoms with E-state index in [4.69, 9.17) is 4.55 Å². The van der Waals surface area contributed by atoms with Gasteiger partial charge in [0.25, 0.3) is 0 Å². The molecule has 1 N–H and O–H groups in total. The van der Waals surface area contributed by atoms with Crippen LogP contribution in [0.4, 0.5) is 5.69 Å². The zero-order valence-corrected chi connectivity index (χ0v) is 10.2. The summed E-state index contributed by atoms with van der Waals surface area (Å²) in [6.07, 6.45) is 0. The zero-order chi connectivity index (χ0) is 12.3. The first-order valence-electron chi connectivity index (χ1n) is 4.98. The van der Waals surface area contributed by atoms with E-state index >= 15 is 0 Å². The molecule has 1 aromatic carbocycles. The standard InChI is InChI=1S/C11H16NO3S/c1-9(2)8-12(16(13,14)15)11-6-4-10(3)5-7-11/h4-7,9H,3,8H2,1-2H3,(H,13,14,15). The maximum Gasteiger partial charge on any atom is 0.359 e. The van der Waals surface area contributed by atoms with Crippen LogP contribution < -0.4 is 4.31 Å². The van der Waals surface area contributed by atoms with Crippen LogP contribution in [0, 0.1) is 12.8 Å². The molecule has 0 amide bonds. The summed E-state index contributed by atoms with van der Waals surface area (Å²) in [6.45, 7) is 7.72. The topological polar surface area (TPSA) is 57.6 Å². The summed E-state index contributed by atoms with van der Waals surface area (Å²) in [6, 6.07) is 6.65. The van der Waals surface area contributed by atoms with Gasteiger partial charge in [0.1, 0.15) is 0 Å². The molecule has 0 spiro atoms. The minimum atomic E-state index is -4.21. The minimum Gasteiger partial charge on any atom is -0.269 e. The summed E-state index contributed by atoms with van der Waals surface area (Å²) >= 11 is 0. The molecule has 0 aliphatic heterocycles. The smallest absolute Gasteiger partial charge is 0.269 e. The maximum absolute atomic E-state index is 11.2. The van der Waals surface area contributed by atoms with Crippen molar-refractivity contribution in [3.8, 4) is 0 Å². The van der Waals surface area contributed by atoms with Gasteiger partial charge in [0, 0.05) is 6.54 Å². The van der Waals surface area contributed by atoms with Crippen LogP contribution in [-0.2, 0) is 10.3 Å². The van der Waals surface area contributed by atoms with Gasteiger partial charge in [-0.1, -0.05) is 26.0 Å². The van der Waals surface area contributed by atoms with E-state index in [1.807, 2.05) is 13.8 Å². The fourth-order valence-electron chi connectivity index (χ4n) is 1.33. The summed E-state index contributed by atoms with van der Waals surface area (Å²) in [4.78, 5) is 0. The normalized spacial score (nSPS) is 11.8. The van der Waals surface area contributed by atoms with Crippen molar-refractivity contribution in [2.24, 2.45) is 5.92 Å². The van der Waals surface area contributed by atoms with Crippen molar-refractivity contribution in [1.82, 2.24) is 0 Å². The summed E-state index contributed by atoms with van der Waals surface area (Å²) in [7, 11) is -4.21. The average Bonchev–Trinajstić information content (AvgIpc) is 2.14. The number of benzene rings is 1. The van der Waals surface area contributed by atoms with Crippen molar-refractivity contribution < 1.29 is 13.0 Å². The molecule has 89 valence electrons. The first-order chi connectivity index (χ1) is 7.30. The Morgan fingerprint density at radius 3 is 2.19 bits per heavy atom. The molecule has 0 aliphatic carbocycles. The van der Waals surface area contributed by atoms with Gasteiger partial charge in [-0.2, -0.15) is 8.42 Å². The average molecular weight is 242 g/mol. The van der Waals surface area contributed by atoms with Gasteiger partial charge in [-0.05, 0) is 30.5 Å². The maximum atomic E-state index is 11.2. The minimum absolute atomic E-state index is 0.126. The monoisotopic (exact) mass is 242 g/mol. The second kappa shape index (κ2) is 4.84. The molecular weight excluding hydrogens is 226 g/mol. The number of hydrogen-bond acceptors (Lipinski definition) is 2. The fraction of sp³-hybridized carbons (Fsp3) is 0.364. The van der Waals surface area contributed by atoms with Crippen molar-refractivity contribution in [2.45, 2.75) is 13.8 Å². The predicted octanol–water partition coefficient (Wildman–Crippen LogP) is 2.13. The summed E-state index contributed by atoms with van der Waals surface area (Å²) in [5.41, 5.74) is 1.24. The highest BCUT2D eigenvalue weighted by Gasteiger charge is 2.20. The molecule has 0 bridgehead atoms. The highest BCUT2D eigenvalue weighted by Crippen LogP contribution is 2.19. The van der Waals surface area contributed by atoms with Crippen LogP contribution >= 0.6 is 0 Å². The van der Waals surface area contributed by atoms with Gasteiger partial charge in [-0.25, -0.2) is 4.31 Å². The Hall–Kier alpha value is -1.07. The lowest BCUT2D eigenvalue weighted by atomic mass is 10.2. The van der Waals surface area contributed by atoms with Crippen LogP contribution in [-0.4, -0.2) is 19.5 Å². The number of rotatable bonds is 4. The lowest BCUT2D eigenvalue weighted by molar-refractivity contribution is 0.472. The molecule has 0 saturated carbocycles. The molecule has 0 unspecified atom stereocenters. The molecule has 0 aromatic heterocycles. The van der Waals surface area contributed by atoms with E-state index in [9.17, 15) is 8.42 Å². The zero-order valence-electron chi connectivity index (χ0n) is 9.42. The van der Waals surface area contributed by atoms with E-state index < -0.39 is 10.3 Å². The Bertz CT molecular complexity index is 437. The highest BCUT2D eigenvalue weighted by atomic mass is 32.2. The third-order valence-electron chi connectivity index (χ3n) is 2.03. The molecule has 1 aromatic rings. The Labute approximate surface area is 96.8 Å². The van der Waals surface area contributed by atoms with Gasteiger partial charge in [-0.15, -0.1) is 0 Å². The lowest BCUT2D eigenvalue weighted by Crippen LogP contribution is -2.33. The van der Waals surface area contributed by atoms with Crippen molar-refractivity contribution >= 4 is 16.0 Å². The van der Waals surface area contributed by atoms with E-state index in [0.717, 1.165) is 9.87 Å². The number of anilines is 1. The van der Waals surface area contributed by atoms with Gasteiger partial charge in [0.2, 0.25) is 0 Å². The quantitative estimate of drug-likeness (QED) is 0.823. The van der Waals surface area contributed by atoms with E-state index in [1.54, 1.807) is 24.3 Å². The largest absolute Gasteiger partial charge is 0.359 e. The van der Waals surface area contributed by atoms with Gasteiger partial charge < -0.3 is 0 Å². The van der Waals surface area contributed by atoms with Crippen molar-refractivity contribution in [3.05, 3.63) is 36.8 Å². The van der Waals surface area contributed by atoms with E-state index in [2.05, 4.69) is 6.92 Å². The third-order valence-corrected chi connectivity index (χ3v) is 2.95. The molecule has 4 nitrogen and oxygen atoms in total. The first-order valence-corrected chi connectivity index (χ1v) is 6.37. The van der Waals surface area contributed by atoms with E-state index in [-0.39, 0.29) is 12.5 Å². The molecule has 16 heavy (non-hydrogen) atoms. The Balaban J connectivity index is 3.07. The van der Waals surface area contributed by atoms with Crippen LogP contribution in [0.3, 0.4) is 0 Å². The molecule has 5 heteroatoms. The molecule has 1 rings (SSSR count). The molecule has 1 radical (unpaired) electrons. The van der Waals surface area contributed by atoms with Crippen molar-refractivity contribution in [1.29, 1.82) is 0 Å². The molecular formula is C11H16NO3S. The Kier molecular flexibility index (Phi) is 3.93. The molecule has 0 fully saturated rings. The highest BCUT2D eigenvalue weighted by molar-refractivity contribution is 7.87. The molecule has 0 saturated heterocycles. The summed E-state index contributed by atoms with van der Waals surface area (Å²) < 4.78 is 32.6. The predicted molar refractivity (Wildman–Crippen MR) is 64.6 cm³/mol. The fourth-order valence-corrected chi connectivity index (χ4v) is 2.20. The van der Waals surface area contributed by atoms with Crippen molar-refractivity contribution in [2.75, 3.05) is 10.8 Å². The van der Waals surface area contributed by atoms with Crippen LogP contribution in [0.5, 0.6) is 0 Å². The van der Waals surface area contributed by atoms with Crippen LogP contribution in [0.15, 0.2) is 24.3 Å². The third kappa shape index (κ3) is 3.50. The van der Waals surface area contributed by atoms with Gasteiger partial charge in [0.05, 0.1) is 5.69 Å².